The van der Waals surface area contributed by atoms with Gasteiger partial charge in [-0.1, -0.05) is 49.2 Å². The molecule has 0 saturated carbocycles. The van der Waals surface area contributed by atoms with E-state index in [1.54, 1.807) is 53.4 Å². The number of para-hydroxylation sites is 1. The Bertz CT molecular complexity index is 1350. The van der Waals surface area contributed by atoms with Crippen molar-refractivity contribution in [1.29, 1.82) is 0 Å². The Kier molecular flexibility index (Phi) is 7.37. The van der Waals surface area contributed by atoms with Gasteiger partial charge >= 0.3 is 10.2 Å². The molecule has 1 saturated heterocycles. The molecule has 8 nitrogen and oxygen atoms in total. The van der Waals surface area contributed by atoms with Crippen molar-refractivity contribution in [3.63, 3.8) is 0 Å². The summed E-state index contributed by atoms with van der Waals surface area (Å²) < 4.78 is 28.2. The van der Waals surface area contributed by atoms with Crippen molar-refractivity contribution in [2.24, 2.45) is 0 Å². The number of rotatable bonds is 6. The van der Waals surface area contributed by atoms with Gasteiger partial charge in [-0.05, 0) is 37.1 Å². The average Bonchev–Trinajstić information content (AvgIpc) is 3.03. The Labute approximate surface area is 206 Å². The lowest BCUT2D eigenvalue weighted by molar-refractivity contribution is -0.127. The van der Waals surface area contributed by atoms with E-state index in [9.17, 15) is 18.0 Å². The number of fused-ring (bicyclic) bond motifs is 1. The number of nitrogens with one attached hydrogen (secondary N) is 1. The molecule has 1 fully saturated rings. The molecular weight excluding hydrogens is 464 g/mol. The van der Waals surface area contributed by atoms with Gasteiger partial charge in [-0.3, -0.25) is 9.59 Å². The minimum Gasteiger partial charge on any atom is -0.337 e. The van der Waals surface area contributed by atoms with Crippen LogP contribution in [0.25, 0.3) is 17.0 Å². The highest BCUT2D eigenvalue weighted by atomic mass is 32.2. The summed E-state index contributed by atoms with van der Waals surface area (Å²) in [5, 5.41) is 3.46. The van der Waals surface area contributed by atoms with E-state index in [1.807, 2.05) is 12.1 Å². The minimum atomic E-state index is -3.79. The van der Waals surface area contributed by atoms with Gasteiger partial charge in [-0.2, -0.15) is 12.7 Å². The minimum absolute atomic E-state index is 0.117. The summed E-state index contributed by atoms with van der Waals surface area (Å²) in [6, 6.07) is 15.8. The molecule has 184 valence electrons. The van der Waals surface area contributed by atoms with Crippen molar-refractivity contribution in [1.82, 2.24) is 18.5 Å². The molecule has 2 heterocycles. The van der Waals surface area contributed by atoms with Crippen LogP contribution in [0.3, 0.4) is 0 Å². The summed E-state index contributed by atoms with van der Waals surface area (Å²) >= 11 is 0. The van der Waals surface area contributed by atoms with E-state index in [1.165, 1.54) is 24.3 Å². The van der Waals surface area contributed by atoms with Gasteiger partial charge in [0.05, 0.1) is 5.52 Å². The van der Waals surface area contributed by atoms with Crippen LogP contribution in [0, 0.1) is 0 Å². The predicted octanol–water partition coefficient (Wildman–Crippen LogP) is 3.47. The molecular formula is C26H30N4O4S. The second kappa shape index (κ2) is 10.5. The van der Waals surface area contributed by atoms with Crippen molar-refractivity contribution in [2.75, 3.05) is 27.2 Å². The third kappa shape index (κ3) is 5.31. The molecule has 0 aliphatic carbocycles. The summed E-state index contributed by atoms with van der Waals surface area (Å²) in [7, 11) is -0.859. The molecule has 1 aliphatic rings. The zero-order valence-electron chi connectivity index (χ0n) is 20.0. The first kappa shape index (κ1) is 24.7. The van der Waals surface area contributed by atoms with E-state index in [0.717, 1.165) is 30.0 Å². The summed E-state index contributed by atoms with van der Waals surface area (Å²) in [5.41, 5.74) is 1.56. The number of hydrogen-bond donors (Lipinski definition) is 1. The van der Waals surface area contributed by atoms with Gasteiger partial charge in [0.25, 0.3) is 11.8 Å². The first-order valence-electron chi connectivity index (χ1n) is 11.7. The number of aromatic nitrogens is 1. The Balaban J connectivity index is 1.81. The number of amides is 2. The Morgan fingerprint density at radius 1 is 0.914 bits per heavy atom. The van der Waals surface area contributed by atoms with Crippen LogP contribution >= 0.6 is 0 Å². The SMILES string of the molecule is CN(C)S(=O)(=O)n1cc(/C=C(\NC(=O)c2ccccc2)C(=O)N2CCCCCC2)c2ccccc21. The molecule has 0 spiro atoms. The maximum atomic E-state index is 13.6. The smallest absolute Gasteiger partial charge is 0.307 e. The zero-order chi connectivity index (χ0) is 25.0. The molecule has 3 aromatic rings. The normalized spacial score (nSPS) is 15.3. The summed E-state index contributed by atoms with van der Waals surface area (Å²) in [4.78, 5) is 28.3. The van der Waals surface area contributed by atoms with Crippen molar-refractivity contribution in [2.45, 2.75) is 25.7 Å². The maximum Gasteiger partial charge on any atom is 0.307 e. The summed E-state index contributed by atoms with van der Waals surface area (Å²) in [6.45, 7) is 1.24. The van der Waals surface area contributed by atoms with Crippen LogP contribution in [0.5, 0.6) is 0 Å². The second-order valence-corrected chi connectivity index (χ2v) is 10.8. The number of benzene rings is 2. The van der Waals surface area contributed by atoms with Gasteiger partial charge in [0.1, 0.15) is 5.70 Å². The predicted molar refractivity (Wildman–Crippen MR) is 137 cm³/mol. The summed E-state index contributed by atoms with van der Waals surface area (Å²) in [5.74, 6) is -0.673. The van der Waals surface area contributed by atoms with Gasteiger partial charge in [-0.15, -0.1) is 0 Å². The Hall–Kier alpha value is -3.43. The fourth-order valence-electron chi connectivity index (χ4n) is 4.19. The molecule has 2 aromatic carbocycles. The quantitative estimate of drug-likeness (QED) is 0.531. The van der Waals surface area contributed by atoms with Crippen LogP contribution in [0.1, 0.15) is 41.6 Å². The van der Waals surface area contributed by atoms with E-state index in [4.69, 9.17) is 0 Å². The van der Waals surface area contributed by atoms with Gasteiger partial charge in [-0.25, -0.2) is 3.97 Å². The molecule has 1 N–H and O–H groups in total. The van der Waals surface area contributed by atoms with E-state index in [2.05, 4.69) is 5.32 Å². The maximum absolute atomic E-state index is 13.6. The van der Waals surface area contributed by atoms with Crippen LogP contribution < -0.4 is 5.32 Å². The number of nitrogens with zero attached hydrogens (tertiary/aromatic N) is 3. The number of carbonyl (C=O) groups excluding carboxylic acids is 2. The average molecular weight is 495 g/mol. The fraction of sp³-hybridized carbons (Fsp3) is 0.308. The van der Waals surface area contributed by atoms with Crippen LogP contribution in [0.2, 0.25) is 0 Å². The van der Waals surface area contributed by atoms with E-state index < -0.39 is 16.1 Å². The number of likely N-dealkylation sites (tertiary alicyclic amines) is 1. The molecule has 9 heteroatoms. The second-order valence-electron chi connectivity index (χ2n) is 8.77. The largest absolute Gasteiger partial charge is 0.337 e. The third-order valence-electron chi connectivity index (χ3n) is 6.13. The fourth-order valence-corrected chi connectivity index (χ4v) is 5.20. The molecule has 0 radical (unpaired) electrons. The van der Waals surface area contributed by atoms with E-state index >= 15 is 0 Å². The van der Waals surface area contributed by atoms with E-state index in [0.29, 0.717) is 35.1 Å². The molecule has 35 heavy (non-hydrogen) atoms. The van der Waals surface area contributed by atoms with E-state index in [-0.39, 0.29) is 11.6 Å². The number of hydrogen-bond acceptors (Lipinski definition) is 4. The Morgan fingerprint density at radius 3 is 2.20 bits per heavy atom. The van der Waals surface area contributed by atoms with Crippen LogP contribution in [-0.2, 0) is 15.0 Å². The zero-order valence-corrected chi connectivity index (χ0v) is 20.8. The van der Waals surface area contributed by atoms with Gasteiger partial charge < -0.3 is 10.2 Å². The van der Waals surface area contributed by atoms with Gasteiger partial charge in [0, 0.05) is 49.9 Å². The summed E-state index contributed by atoms with van der Waals surface area (Å²) in [6.07, 6.45) is 7.02. The number of carbonyl (C=O) groups is 2. The first-order valence-corrected chi connectivity index (χ1v) is 13.1. The van der Waals surface area contributed by atoms with Gasteiger partial charge in [0.15, 0.2) is 0 Å². The van der Waals surface area contributed by atoms with Crippen molar-refractivity contribution >= 4 is 39.0 Å². The lowest BCUT2D eigenvalue weighted by Crippen LogP contribution is -2.39. The highest BCUT2D eigenvalue weighted by Crippen LogP contribution is 2.26. The van der Waals surface area contributed by atoms with Crippen LogP contribution in [0.4, 0.5) is 0 Å². The molecule has 0 bridgehead atoms. The third-order valence-corrected chi connectivity index (χ3v) is 7.85. The molecule has 4 rings (SSSR count). The molecule has 0 atom stereocenters. The monoisotopic (exact) mass is 494 g/mol. The van der Waals surface area contributed by atoms with Crippen LogP contribution in [0.15, 0.2) is 66.5 Å². The van der Waals surface area contributed by atoms with Crippen molar-refractivity contribution < 1.29 is 18.0 Å². The van der Waals surface area contributed by atoms with Crippen molar-refractivity contribution in [3.8, 4) is 0 Å². The molecule has 1 aliphatic heterocycles. The highest BCUT2D eigenvalue weighted by molar-refractivity contribution is 7.87. The van der Waals surface area contributed by atoms with Crippen molar-refractivity contribution in [3.05, 3.63) is 77.6 Å². The van der Waals surface area contributed by atoms with Crippen LogP contribution in [-0.4, -0.2) is 60.6 Å². The molecule has 1 aromatic heterocycles. The lowest BCUT2D eigenvalue weighted by atomic mass is 10.1. The first-order chi connectivity index (χ1) is 16.8. The van der Waals surface area contributed by atoms with Gasteiger partial charge in [0.2, 0.25) is 0 Å². The topological polar surface area (TPSA) is 91.7 Å². The highest BCUT2D eigenvalue weighted by Gasteiger charge is 2.24. The molecule has 2 amide bonds. The lowest BCUT2D eigenvalue weighted by Gasteiger charge is -2.22. The molecule has 0 unspecified atom stereocenters. The standard InChI is InChI=1S/C26H30N4O4S/c1-28(2)35(33,34)30-19-21(22-14-8-9-15-24(22)30)18-23(26(32)29-16-10-3-4-11-17-29)27-25(31)20-12-6-5-7-13-20/h5-9,12-15,18-19H,3-4,10-11,16-17H2,1-2H3,(H,27,31)/b23-18-. The Morgan fingerprint density at radius 2 is 1.54 bits per heavy atom.